The second kappa shape index (κ2) is 17.8. The fourth-order valence-electron chi connectivity index (χ4n) is 4.95. The van der Waals surface area contributed by atoms with Crippen LogP contribution in [0.5, 0.6) is 0 Å². The molecule has 5 rings (SSSR count). The van der Waals surface area contributed by atoms with Crippen molar-refractivity contribution in [2.75, 3.05) is 13.1 Å². The number of ketones is 1. The van der Waals surface area contributed by atoms with Crippen molar-refractivity contribution in [2.45, 2.75) is 45.2 Å². The Bertz CT molecular complexity index is 1670. The average molecular weight is 633 g/mol. The molecule has 9 nitrogen and oxygen atoms in total. The molecule has 0 saturated carbocycles. The van der Waals surface area contributed by atoms with E-state index < -0.39 is 36.1 Å². The molecule has 9 heteroatoms. The highest BCUT2D eigenvalue weighted by molar-refractivity contribution is 6.37. The molecule has 0 fully saturated rings. The summed E-state index contributed by atoms with van der Waals surface area (Å²) in [7, 11) is 0. The van der Waals surface area contributed by atoms with Crippen molar-refractivity contribution in [3.63, 3.8) is 0 Å². The fraction of sp³-hybridized carbons (Fsp3) is 0.237. The summed E-state index contributed by atoms with van der Waals surface area (Å²) in [5.41, 5.74) is 6.20. The third kappa shape index (κ3) is 11.7. The maximum Gasteiger partial charge on any atom is 0.289 e. The lowest BCUT2D eigenvalue weighted by Crippen LogP contribution is -2.51. The van der Waals surface area contributed by atoms with Crippen LogP contribution in [0.3, 0.4) is 0 Å². The zero-order valence-electron chi connectivity index (χ0n) is 26.5. The lowest BCUT2D eigenvalue weighted by atomic mass is 9.97. The number of hydrogen-bond donors (Lipinski definition) is 4. The molecule has 0 aromatic heterocycles. The number of rotatable bonds is 6. The molecule has 0 aliphatic carbocycles. The largest absolute Gasteiger partial charge is 0.347 e. The summed E-state index contributed by atoms with van der Waals surface area (Å²) < 4.78 is 0. The SMILES string of the molecule is Cc1ccccc1.O=C1CCc2cccc(c2)-c2cccc(c2)CCC(C(=O)NCC(=O)C(=O)NCc2ccccc2)NC(=O)CN1. The zero-order chi connectivity index (χ0) is 33.4. The van der Waals surface area contributed by atoms with Gasteiger partial charge in [0, 0.05) is 13.0 Å². The van der Waals surface area contributed by atoms with Gasteiger partial charge in [0.1, 0.15) is 6.04 Å². The van der Waals surface area contributed by atoms with Gasteiger partial charge in [0.15, 0.2) is 0 Å². The molecule has 1 unspecified atom stereocenters. The minimum Gasteiger partial charge on any atom is -0.347 e. The van der Waals surface area contributed by atoms with Crippen LogP contribution in [0.25, 0.3) is 11.1 Å². The molecule has 47 heavy (non-hydrogen) atoms. The van der Waals surface area contributed by atoms with Crippen LogP contribution in [-0.2, 0) is 43.4 Å². The number of aryl methyl sites for hydroxylation is 3. The highest BCUT2D eigenvalue weighted by atomic mass is 16.2. The number of carbonyl (C=O) groups excluding carboxylic acids is 5. The molecule has 0 radical (unpaired) electrons. The van der Waals surface area contributed by atoms with E-state index in [1.54, 1.807) is 0 Å². The molecule has 1 atom stereocenters. The number of benzene rings is 4. The van der Waals surface area contributed by atoms with Gasteiger partial charge < -0.3 is 21.3 Å². The van der Waals surface area contributed by atoms with Crippen LogP contribution < -0.4 is 21.3 Å². The monoisotopic (exact) mass is 632 g/mol. The standard InChI is InChI=1S/C31H32N4O5.C7H8/c36-27(31(40)33-18-23-6-2-1-3-7-23)19-34-30(39)26-14-12-21-8-4-10-24(16-21)25-11-5-9-22(17-25)13-15-28(37)32-20-29(38)35-26;1-7-5-3-2-4-6-7/h1-11,16-17,26H,12-15,18-20H2,(H,32,37)(H,33,40)(H,34,39)(H,35,38);2-6H,1H3. The molecular weight excluding hydrogens is 592 g/mol. The third-order valence-corrected chi connectivity index (χ3v) is 7.56. The topological polar surface area (TPSA) is 133 Å². The van der Waals surface area contributed by atoms with Crippen molar-refractivity contribution in [3.05, 3.63) is 131 Å². The molecule has 4 aromatic rings. The number of fused-ring (bicyclic) bond motifs is 5. The van der Waals surface area contributed by atoms with E-state index >= 15 is 0 Å². The molecule has 0 saturated heterocycles. The Morgan fingerprint density at radius 1 is 0.702 bits per heavy atom. The minimum absolute atomic E-state index is 0.188. The van der Waals surface area contributed by atoms with Crippen LogP contribution in [-0.4, -0.2) is 48.5 Å². The Balaban J connectivity index is 0.000000632. The number of Topliss-reactive ketones (excluding diaryl/α,β-unsaturated/α-hetero) is 1. The van der Waals surface area contributed by atoms with E-state index in [4.69, 9.17) is 0 Å². The molecule has 242 valence electrons. The van der Waals surface area contributed by atoms with Gasteiger partial charge in [-0.2, -0.15) is 0 Å². The van der Waals surface area contributed by atoms with Crippen molar-refractivity contribution in [3.8, 4) is 11.1 Å². The third-order valence-electron chi connectivity index (χ3n) is 7.56. The Kier molecular flexibility index (Phi) is 13.0. The molecule has 4 aromatic carbocycles. The molecule has 4 amide bonds. The van der Waals surface area contributed by atoms with Gasteiger partial charge in [-0.05, 0) is 54.0 Å². The Labute approximate surface area is 275 Å². The van der Waals surface area contributed by atoms with Crippen molar-refractivity contribution < 1.29 is 24.0 Å². The lowest BCUT2D eigenvalue weighted by Gasteiger charge is -2.19. The summed E-state index contributed by atoms with van der Waals surface area (Å²) in [6.07, 6.45) is 1.47. The van der Waals surface area contributed by atoms with Gasteiger partial charge in [-0.3, -0.25) is 24.0 Å². The molecule has 1 aliphatic heterocycles. The first-order valence-electron chi connectivity index (χ1n) is 15.7. The maximum atomic E-state index is 13.0. The Morgan fingerprint density at radius 3 is 1.94 bits per heavy atom. The van der Waals surface area contributed by atoms with Gasteiger partial charge >= 0.3 is 0 Å². The highest BCUT2D eigenvalue weighted by Crippen LogP contribution is 2.23. The first kappa shape index (κ1) is 34.3. The van der Waals surface area contributed by atoms with Crippen LogP contribution in [0.1, 0.15) is 35.1 Å². The predicted molar refractivity (Wildman–Crippen MR) is 181 cm³/mol. The normalized spacial score (nSPS) is 14.7. The van der Waals surface area contributed by atoms with E-state index in [2.05, 4.69) is 40.3 Å². The van der Waals surface area contributed by atoms with E-state index in [1.165, 1.54) is 5.56 Å². The summed E-state index contributed by atoms with van der Waals surface area (Å²) in [4.78, 5) is 62.4. The minimum atomic E-state index is -0.968. The number of hydrogen-bond acceptors (Lipinski definition) is 5. The molecule has 4 N–H and O–H groups in total. The lowest BCUT2D eigenvalue weighted by molar-refractivity contribution is -0.138. The fourth-order valence-corrected chi connectivity index (χ4v) is 4.95. The van der Waals surface area contributed by atoms with E-state index in [9.17, 15) is 24.0 Å². The van der Waals surface area contributed by atoms with E-state index in [0.29, 0.717) is 12.8 Å². The van der Waals surface area contributed by atoms with Crippen molar-refractivity contribution in [2.24, 2.45) is 0 Å². The van der Waals surface area contributed by atoms with Crippen molar-refractivity contribution >= 4 is 29.4 Å². The van der Waals surface area contributed by atoms with Crippen molar-refractivity contribution in [1.82, 2.24) is 21.3 Å². The van der Waals surface area contributed by atoms with Crippen LogP contribution >= 0.6 is 0 Å². The second-order valence-corrected chi connectivity index (χ2v) is 11.3. The first-order chi connectivity index (χ1) is 22.8. The van der Waals surface area contributed by atoms with Crippen LogP contribution in [0.15, 0.2) is 109 Å². The summed E-state index contributed by atoms with van der Waals surface area (Å²) in [6.45, 7) is 1.49. The quantitative estimate of drug-likeness (QED) is 0.240. The van der Waals surface area contributed by atoms with Crippen LogP contribution in [0.2, 0.25) is 0 Å². The zero-order valence-corrected chi connectivity index (χ0v) is 26.5. The number of carbonyl (C=O) groups is 5. The summed E-state index contributed by atoms with van der Waals surface area (Å²) in [5.74, 6) is -3.00. The Morgan fingerprint density at radius 2 is 1.32 bits per heavy atom. The van der Waals surface area contributed by atoms with Gasteiger partial charge in [-0.25, -0.2) is 0 Å². The number of nitrogens with one attached hydrogen (secondary N) is 4. The molecule has 1 heterocycles. The van der Waals surface area contributed by atoms with E-state index in [-0.39, 0.29) is 31.8 Å². The van der Waals surface area contributed by atoms with Gasteiger partial charge in [0.25, 0.3) is 5.91 Å². The van der Waals surface area contributed by atoms with Gasteiger partial charge in [0.05, 0.1) is 13.1 Å². The second-order valence-electron chi connectivity index (χ2n) is 11.3. The molecule has 4 bridgehead atoms. The van der Waals surface area contributed by atoms with Crippen molar-refractivity contribution in [1.29, 1.82) is 0 Å². The average Bonchev–Trinajstić information content (AvgIpc) is 3.10. The van der Waals surface area contributed by atoms with E-state index in [1.807, 2.05) is 97.1 Å². The maximum absolute atomic E-state index is 13.0. The molecular formula is C38H40N4O5. The van der Waals surface area contributed by atoms with Crippen LogP contribution in [0, 0.1) is 6.92 Å². The number of amides is 4. The smallest absolute Gasteiger partial charge is 0.289 e. The summed E-state index contributed by atoms with van der Waals surface area (Å²) in [5, 5.41) is 10.3. The summed E-state index contributed by atoms with van der Waals surface area (Å²) >= 11 is 0. The van der Waals surface area contributed by atoms with Gasteiger partial charge in [0.2, 0.25) is 23.5 Å². The van der Waals surface area contributed by atoms with Gasteiger partial charge in [-0.15, -0.1) is 0 Å². The molecule has 0 spiro atoms. The van der Waals surface area contributed by atoms with Crippen LogP contribution in [0.4, 0.5) is 0 Å². The Hall–Kier alpha value is -5.57. The highest BCUT2D eigenvalue weighted by Gasteiger charge is 2.23. The predicted octanol–water partition coefficient (Wildman–Crippen LogP) is 3.83. The summed E-state index contributed by atoms with van der Waals surface area (Å²) in [6, 6.07) is 34.3. The molecule has 1 aliphatic rings. The first-order valence-corrected chi connectivity index (χ1v) is 15.7. The van der Waals surface area contributed by atoms with E-state index in [0.717, 1.165) is 27.8 Å². The van der Waals surface area contributed by atoms with Gasteiger partial charge in [-0.1, -0.05) is 115 Å².